The molecule has 21 heteroatoms. The lowest BCUT2D eigenvalue weighted by Gasteiger charge is -2.30. The number of carbonyl (C=O) groups excluding carboxylic acids is 6. The Balaban J connectivity index is 2.20. The maximum atomic E-state index is 13.5. The third-order valence-electron chi connectivity index (χ3n) is 7.55. The van der Waals surface area contributed by atoms with Gasteiger partial charge in [0.15, 0.2) is 6.10 Å². The summed E-state index contributed by atoms with van der Waals surface area (Å²) in [4.78, 5) is 113. The van der Waals surface area contributed by atoms with Crippen molar-refractivity contribution in [3.63, 3.8) is 0 Å². The number of aliphatic carboxylic acids is 3. The molecule has 0 saturated carbocycles. The third-order valence-corrected chi connectivity index (χ3v) is 8.05. The number of amides is 5. The number of thiol groups is 1. The molecule has 2 aromatic carbocycles. The average molecular weight is 806 g/mol. The van der Waals surface area contributed by atoms with E-state index in [1.807, 2.05) is 5.43 Å². The van der Waals surface area contributed by atoms with E-state index in [0.29, 0.717) is 11.1 Å². The molecule has 56 heavy (non-hydrogen) atoms. The van der Waals surface area contributed by atoms with E-state index in [0.717, 1.165) is 0 Å². The lowest BCUT2D eigenvalue weighted by Crippen LogP contribution is -2.61. The molecule has 0 bridgehead atoms. The summed E-state index contributed by atoms with van der Waals surface area (Å²) < 4.78 is 10.0. The van der Waals surface area contributed by atoms with Crippen molar-refractivity contribution >= 4 is 66.2 Å². The molecule has 8 N–H and O–H groups in total. The summed E-state index contributed by atoms with van der Waals surface area (Å²) in [5, 5.41) is 43.3. The first kappa shape index (κ1) is 45.9. The molecule has 5 amide bonds. The predicted octanol–water partition coefficient (Wildman–Crippen LogP) is -0.406. The molecule has 0 aliphatic rings. The van der Waals surface area contributed by atoms with Crippen molar-refractivity contribution in [3.05, 3.63) is 71.8 Å². The Labute approximate surface area is 325 Å². The lowest BCUT2D eigenvalue weighted by atomic mass is 10.0. The number of nitrogens with zero attached hydrogens (tertiary/aromatic N) is 1. The molecule has 0 fully saturated rings. The van der Waals surface area contributed by atoms with E-state index in [9.17, 15) is 63.6 Å². The number of hydrazine groups is 1. The van der Waals surface area contributed by atoms with Gasteiger partial charge in [0, 0.05) is 6.42 Å². The molecule has 20 nitrogen and oxygen atoms in total. The molecule has 0 saturated heterocycles. The van der Waals surface area contributed by atoms with Crippen molar-refractivity contribution in [2.24, 2.45) is 5.92 Å². The number of benzene rings is 2. The minimum absolute atomic E-state index is 0.234. The number of carboxylic acid groups (broad SMARTS) is 3. The molecule has 2 aromatic rings. The maximum absolute atomic E-state index is 13.5. The molecule has 2 rings (SSSR count). The number of aliphatic hydroxyl groups is 1. The van der Waals surface area contributed by atoms with Crippen LogP contribution >= 0.6 is 12.6 Å². The number of ether oxygens (including phenoxy) is 2. The highest BCUT2D eigenvalue weighted by molar-refractivity contribution is 7.81. The lowest BCUT2D eigenvalue weighted by molar-refractivity contribution is -0.159. The number of nitrogens with one attached hydrogen (secondary N) is 4. The maximum Gasteiger partial charge on any atom is 0.408 e. The largest absolute Gasteiger partial charge is 0.481 e. The summed E-state index contributed by atoms with van der Waals surface area (Å²) in [6.45, 7) is 1.15. The van der Waals surface area contributed by atoms with Gasteiger partial charge < -0.3 is 45.9 Å². The van der Waals surface area contributed by atoms with Gasteiger partial charge >= 0.3 is 30.0 Å². The number of hydrogen-bond acceptors (Lipinski definition) is 13. The molecule has 304 valence electrons. The summed E-state index contributed by atoms with van der Waals surface area (Å²) in [6.07, 6.45) is -5.66. The van der Waals surface area contributed by atoms with Crippen LogP contribution in [0.5, 0.6) is 0 Å². The third kappa shape index (κ3) is 16.0. The monoisotopic (exact) mass is 805 g/mol. The van der Waals surface area contributed by atoms with E-state index in [-0.39, 0.29) is 18.2 Å². The van der Waals surface area contributed by atoms with Crippen molar-refractivity contribution in [2.45, 2.75) is 75.8 Å². The molecule has 0 aromatic heterocycles. The molecule has 0 aliphatic heterocycles. The summed E-state index contributed by atoms with van der Waals surface area (Å²) in [5.74, 6) is -11.6. The van der Waals surface area contributed by atoms with Crippen molar-refractivity contribution in [1.29, 1.82) is 0 Å². The van der Waals surface area contributed by atoms with Gasteiger partial charge in [-0.15, -0.1) is 0 Å². The molecule has 5 atom stereocenters. The standard InChI is InChI=1S/C35H43N5O15S/c1-19(2)27(32(50)39-40(16-26(45)46)33(51)29(56)28(47)34(52)54-17-20-9-5-3-6-10-20)38-30(48)22(13-14-24(41)42)36-31(49)23(15-25(43)44)37-35(53)55-18-21-11-7-4-8-12-21/h3-12,19,22-23,27-29,47,56H,13-18H2,1-2H3,(H,36,49)(H,37,53)(H,38,48)(H,39,50)(H,41,42)(H,43,44)(H,45,46)/t22-,23-,27-,28-,29+/m0/s1. The Bertz CT molecular complexity index is 1710. The zero-order valence-electron chi connectivity index (χ0n) is 30.2. The van der Waals surface area contributed by atoms with Crippen LogP contribution in [-0.2, 0) is 61.0 Å². The van der Waals surface area contributed by atoms with Gasteiger partial charge in [-0.3, -0.25) is 39.0 Å². The van der Waals surface area contributed by atoms with Gasteiger partial charge in [-0.05, 0) is 23.5 Å². The van der Waals surface area contributed by atoms with Gasteiger partial charge in [-0.2, -0.15) is 12.6 Å². The summed E-state index contributed by atoms with van der Waals surface area (Å²) in [6, 6.07) is 11.5. The van der Waals surface area contributed by atoms with Crippen LogP contribution in [0, 0.1) is 5.92 Å². The van der Waals surface area contributed by atoms with Gasteiger partial charge in [-0.1, -0.05) is 74.5 Å². The molecular formula is C35H43N5O15S. The van der Waals surface area contributed by atoms with Crippen LogP contribution in [0.2, 0.25) is 0 Å². The molecule has 0 radical (unpaired) electrons. The fourth-order valence-corrected chi connectivity index (χ4v) is 4.90. The second-order valence-electron chi connectivity index (χ2n) is 12.4. The van der Waals surface area contributed by atoms with Crippen LogP contribution in [0.1, 0.15) is 44.2 Å². The van der Waals surface area contributed by atoms with Crippen LogP contribution in [-0.4, -0.2) is 115 Å². The highest BCUT2D eigenvalue weighted by atomic mass is 32.1. The number of aliphatic hydroxyl groups excluding tert-OH is 1. The second kappa shape index (κ2) is 22.9. The second-order valence-corrected chi connectivity index (χ2v) is 12.9. The predicted molar refractivity (Wildman–Crippen MR) is 194 cm³/mol. The van der Waals surface area contributed by atoms with Crippen LogP contribution in [0.25, 0.3) is 0 Å². The van der Waals surface area contributed by atoms with Crippen molar-refractivity contribution < 1.29 is 73.1 Å². The van der Waals surface area contributed by atoms with Crippen molar-refractivity contribution in [1.82, 2.24) is 26.4 Å². The van der Waals surface area contributed by atoms with Gasteiger partial charge in [0.05, 0.1) is 6.42 Å². The van der Waals surface area contributed by atoms with Crippen LogP contribution in [0.3, 0.4) is 0 Å². The molecule has 0 aliphatic carbocycles. The molecular weight excluding hydrogens is 762 g/mol. The van der Waals surface area contributed by atoms with Crippen molar-refractivity contribution in [2.75, 3.05) is 6.54 Å². The minimum atomic E-state index is -2.22. The summed E-state index contributed by atoms with van der Waals surface area (Å²) >= 11 is 3.94. The van der Waals surface area contributed by atoms with Gasteiger partial charge in [0.25, 0.3) is 11.8 Å². The number of rotatable bonds is 21. The number of alkyl carbamates (subject to hydrolysis) is 1. The molecule has 0 spiro atoms. The topological polar surface area (TPSA) is 304 Å². The van der Waals surface area contributed by atoms with E-state index >= 15 is 0 Å². The zero-order chi connectivity index (χ0) is 41.9. The van der Waals surface area contributed by atoms with E-state index in [4.69, 9.17) is 9.47 Å². The van der Waals surface area contributed by atoms with E-state index in [1.54, 1.807) is 60.7 Å². The van der Waals surface area contributed by atoms with Gasteiger partial charge in [0.2, 0.25) is 11.8 Å². The molecule has 0 heterocycles. The first-order valence-electron chi connectivity index (χ1n) is 16.8. The summed E-state index contributed by atoms with van der Waals surface area (Å²) in [5.41, 5.74) is 3.14. The fourth-order valence-electron chi connectivity index (χ4n) is 4.64. The normalized spacial score (nSPS) is 13.4. The Morgan fingerprint density at radius 1 is 0.696 bits per heavy atom. The number of carboxylic acids is 3. The van der Waals surface area contributed by atoms with Gasteiger partial charge in [-0.25, -0.2) is 14.6 Å². The number of hydrogen-bond donors (Lipinski definition) is 9. The van der Waals surface area contributed by atoms with E-state index in [1.165, 1.54) is 13.8 Å². The highest BCUT2D eigenvalue weighted by Crippen LogP contribution is 2.12. The first-order chi connectivity index (χ1) is 26.4. The Hall–Kier alpha value is -6.22. The minimum Gasteiger partial charge on any atom is -0.481 e. The average Bonchev–Trinajstić information content (AvgIpc) is 3.15. The van der Waals surface area contributed by atoms with Crippen LogP contribution < -0.4 is 21.4 Å². The Morgan fingerprint density at radius 2 is 1.23 bits per heavy atom. The highest BCUT2D eigenvalue weighted by Gasteiger charge is 2.37. The number of esters is 1. The van der Waals surface area contributed by atoms with E-state index in [2.05, 4.69) is 28.6 Å². The van der Waals surface area contributed by atoms with Gasteiger partial charge in [0.1, 0.15) is 43.1 Å². The SMILES string of the molecule is CC(C)[C@H](NC(=O)[C@H](CCC(=O)O)NC(=O)[C@H](CC(=O)O)NC(=O)OCc1ccccc1)C(=O)NN(CC(=O)O)C(=O)[C@H](S)[C@H](O)C(=O)OCc1ccccc1. The quantitative estimate of drug-likeness (QED) is 0.0440. The van der Waals surface area contributed by atoms with Crippen LogP contribution in [0.4, 0.5) is 4.79 Å². The Kier molecular flexibility index (Phi) is 18.8. The number of carbonyl (C=O) groups is 9. The first-order valence-corrected chi connectivity index (χ1v) is 17.3. The molecule has 0 unspecified atom stereocenters. The van der Waals surface area contributed by atoms with Crippen molar-refractivity contribution in [3.8, 4) is 0 Å². The smallest absolute Gasteiger partial charge is 0.408 e. The zero-order valence-corrected chi connectivity index (χ0v) is 31.0. The summed E-state index contributed by atoms with van der Waals surface area (Å²) in [7, 11) is 0. The fraction of sp³-hybridized carbons (Fsp3) is 0.400. The Morgan fingerprint density at radius 3 is 1.73 bits per heavy atom. The van der Waals surface area contributed by atoms with E-state index < -0.39 is 115 Å². The van der Waals surface area contributed by atoms with Crippen LogP contribution in [0.15, 0.2) is 60.7 Å².